The van der Waals surface area contributed by atoms with E-state index in [0.29, 0.717) is 5.92 Å². The Morgan fingerprint density at radius 2 is 1.16 bits per heavy atom. The van der Waals surface area contributed by atoms with Crippen LogP contribution in [0.1, 0.15) is 13.8 Å². The van der Waals surface area contributed by atoms with E-state index in [1.807, 2.05) is 12.2 Å². The van der Waals surface area contributed by atoms with Crippen molar-refractivity contribution in [3.63, 3.8) is 0 Å². The average Bonchev–Trinajstić information content (AvgIpc) is 2.55. The highest BCUT2D eigenvalue weighted by atomic mass is 14.1. The molecule has 19 heavy (non-hydrogen) atoms. The van der Waals surface area contributed by atoms with Gasteiger partial charge in [0, 0.05) is 0 Å². The predicted octanol–water partition coefficient (Wildman–Crippen LogP) is 5.23. The molecular formula is C19H20. The van der Waals surface area contributed by atoms with E-state index in [0.717, 1.165) is 0 Å². The van der Waals surface area contributed by atoms with Gasteiger partial charge in [-0.1, -0.05) is 92.8 Å². The molecule has 0 aromatic carbocycles. The van der Waals surface area contributed by atoms with Crippen LogP contribution in [-0.2, 0) is 0 Å². The SMILES string of the molecule is CC(C)C1=CC=C2C=CC=CC=CC=C2C=CC=C1. The topological polar surface area (TPSA) is 0 Å². The minimum atomic E-state index is 0.534. The van der Waals surface area contributed by atoms with Crippen molar-refractivity contribution in [3.05, 3.63) is 95.7 Å². The normalized spacial score (nSPS) is 18.4. The lowest BCUT2D eigenvalue weighted by Gasteiger charge is -2.05. The fourth-order valence-electron chi connectivity index (χ4n) is 1.96. The smallest absolute Gasteiger partial charge is 0.0184 e. The Hall–Kier alpha value is -2.08. The van der Waals surface area contributed by atoms with Crippen molar-refractivity contribution in [2.45, 2.75) is 13.8 Å². The monoisotopic (exact) mass is 248 g/mol. The molecule has 0 heteroatoms. The number of hydrogen-bond donors (Lipinski definition) is 0. The summed E-state index contributed by atoms with van der Waals surface area (Å²) in [7, 11) is 0. The summed E-state index contributed by atoms with van der Waals surface area (Å²) in [6, 6.07) is 0. The van der Waals surface area contributed by atoms with E-state index >= 15 is 0 Å². The molecule has 0 bridgehead atoms. The summed E-state index contributed by atoms with van der Waals surface area (Å²) < 4.78 is 0. The molecule has 0 saturated heterocycles. The highest BCUT2D eigenvalue weighted by Crippen LogP contribution is 2.19. The molecule has 0 aliphatic heterocycles. The lowest BCUT2D eigenvalue weighted by atomic mass is 10.0. The summed E-state index contributed by atoms with van der Waals surface area (Å²) in [6.07, 6.45) is 27.6. The van der Waals surface area contributed by atoms with E-state index in [2.05, 4.69) is 80.7 Å². The van der Waals surface area contributed by atoms with Gasteiger partial charge in [0.25, 0.3) is 0 Å². The molecule has 2 aliphatic carbocycles. The fourth-order valence-corrected chi connectivity index (χ4v) is 1.96. The van der Waals surface area contributed by atoms with Crippen LogP contribution < -0.4 is 0 Å². The van der Waals surface area contributed by atoms with Gasteiger partial charge in [-0.3, -0.25) is 0 Å². The molecule has 0 N–H and O–H groups in total. The molecule has 2 rings (SSSR count). The molecule has 0 unspecified atom stereocenters. The van der Waals surface area contributed by atoms with Gasteiger partial charge in [-0.2, -0.15) is 0 Å². The minimum Gasteiger partial charge on any atom is -0.0623 e. The Morgan fingerprint density at radius 3 is 1.95 bits per heavy atom. The molecule has 0 saturated carbocycles. The summed E-state index contributed by atoms with van der Waals surface area (Å²) in [5.41, 5.74) is 3.80. The number of allylic oxidation sites excluding steroid dienone is 16. The van der Waals surface area contributed by atoms with Crippen LogP contribution in [0.15, 0.2) is 95.7 Å². The van der Waals surface area contributed by atoms with Crippen LogP contribution in [0.3, 0.4) is 0 Å². The maximum absolute atomic E-state index is 2.22. The number of hydrogen-bond acceptors (Lipinski definition) is 0. The van der Waals surface area contributed by atoms with Crippen LogP contribution in [0.2, 0.25) is 0 Å². The molecule has 0 heterocycles. The maximum Gasteiger partial charge on any atom is -0.0184 e. The minimum absolute atomic E-state index is 0.534. The Kier molecular flexibility index (Phi) is 4.74. The lowest BCUT2D eigenvalue weighted by Crippen LogP contribution is -1.89. The molecular weight excluding hydrogens is 228 g/mol. The average molecular weight is 248 g/mol. The van der Waals surface area contributed by atoms with E-state index < -0.39 is 0 Å². The van der Waals surface area contributed by atoms with Crippen molar-refractivity contribution in [2.75, 3.05) is 0 Å². The largest absolute Gasteiger partial charge is 0.0623 e. The van der Waals surface area contributed by atoms with Gasteiger partial charge in [0.05, 0.1) is 0 Å². The van der Waals surface area contributed by atoms with E-state index in [4.69, 9.17) is 0 Å². The predicted molar refractivity (Wildman–Crippen MR) is 84.8 cm³/mol. The molecule has 2 aliphatic rings. The van der Waals surface area contributed by atoms with Crippen molar-refractivity contribution in [3.8, 4) is 0 Å². The third-order valence-electron chi connectivity index (χ3n) is 3.13. The van der Waals surface area contributed by atoms with Crippen LogP contribution in [0.25, 0.3) is 0 Å². The molecule has 0 fully saturated rings. The van der Waals surface area contributed by atoms with E-state index in [9.17, 15) is 0 Å². The van der Waals surface area contributed by atoms with Crippen LogP contribution in [0, 0.1) is 5.92 Å². The molecule has 0 atom stereocenters. The highest BCUT2D eigenvalue weighted by molar-refractivity contribution is 5.52. The zero-order valence-electron chi connectivity index (χ0n) is 11.6. The zero-order chi connectivity index (χ0) is 13.5. The van der Waals surface area contributed by atoms with Gasteiger partial charge in [0.2, 0.25) is 0 Å². The Morgan fingerprint density at radius 1 is 0.579 bits per heavy atom. The highest BCUT2D eigenvalue weighted by Gasteiger charge is 2.01. The molecule has 0 radical (unpaired) electrons. The first-order valence-electron chi connectivity index (χ1n) is 6.76. The zero-order valence-corrected chi connectivity index (χ0v) is 11.6. The summed E-state index contributed by atoms with van der Waals surface area (Å²) >= 11 is 0. The first-order valence-corrected chi connectivity index (χ1v) is 6.76. The van der Waals surface area contributed by atoms with E-state index in [-0.39, 0.29) is 0 Å². The second-order valence-corrected chi connectivity index (χ2v) is 4.91. The molecule has 0 aromatic heterocycles. The van der Waals surface area contributed by atoms with Crippen molar-refractivity contribution in [2.24, 2.45) is 5.92 Å². The maximum atomic E-state index is 2.22. The molecule has 0 nitrogen and oxygen atoms in total. The lowest BCUT2D eigenvalue weighted by molar-refractivity contribution is 0.792. The van der Waals surface area contributed by atoms with Gasteiger partial charge < -0.3 is 0 Å². The van der Waals surface area contributed by atoms with Crippen LogP contribution in [-0.4, -0.2) is 0 Å². The van der Waals surface area contributed by atoms with Crippen LogP contribution in [0.5, 0.6) is 0 Å². The van der Waals surface area contributed by atoms with Crippen LogP contribution in [0.4, 0.5) is 0 Å². The Labute approximate surface area is 116 Å². The van der Waals surface area contributed by atoms with Gasteiger partial charge in [0.15, 0.2) is 0 Å². The third-order valence-corrected chi connectivity index (χ3v) is 3.13. The molecule has 96 valence electrons. The summed E-state index contributed by atoms with van der Waals surface area (Å²) in [5.74, 6) is 0.534. The number of rotatable bonds is 1. The van der Waals surface area contributed by atoms with Crippen molar-refractivity contribution < 1.29 is 0 Å². The first-order chi connectivity index (χ1) is 9.27. The van der Waals surface area contributed by atoms with Gasteiger partial charge >= 0.3 is 0 Å². The molecule has 0 amide bonds. The molecule has 0 spiro atoms. The Bertz CT molecular complexity index is 553. The standard InChI is InChI=1S/C19H20/c1-16(2)17-10-8-9-13-18-11-6-4-3-5-7-12-19(18)15-14-17/h3-16H,1-2H3. The van der Waals surface area contributed by atoms with Gasteiger partial charge in [-0.15, -0.1) is 0 Å². The van der Waals surface area contributed by atoms with Gasteiger partial charge in [0.1, 0.15) is 0 Å². The summed E-state index contributed by atoms with van der Waals surface area (Å²) in [5, 5.41) is 0. The van der Waals surface area contributed by atoms with E-state index in [1.165, 1.54) is 16.7 Å². The quantitative estimate of drug-likeness (QED) is 0.596. The van der Waals surface area contributed by atoms with Crippen molar-refractivity contribution >= 4 is 0 Å². The van der Waals surface area contributed by atoms with E-state index in [1.54, 1.807) is 0 Å². The number of fused-ring (bicyclic) bond motifs is 1. The van der Waals surface area contributed by atoms with Crippen molar-refractivity contribution in [1.82, 2.24) is 0 Å². The summed E-state index contributed by atoms with van der Waals surface area (Å²) in [4.78, 5) is 0. The second kappa shape index (κ2) is 6.75. The van der Waals surface area contributed by atoms with Gasteiger partial charge in [-0.05, 0) is 22.6 Å². The third kappa shape index (κ3) is 3.96. The van der Waals surface area contributed by atoms with Crippen molar-refractivity contribution in [1.29, 1.82) is 0 Å². The molecule has 0 aromatic rings. The van der Waals surface area contributed by atoms with Crippen LogP contribution >= 0.6 is 0 Å². The second-order valence-electron chi connectivity index (χ2n) is 4.91. The van der Waals surface area contributed by atoms with Gasteiger partial charge in [-0.25, -0.2) is 0 Å². The Balaban J connectivity index is 2.48. The summed E-state index contributed by atoms with van der Waals surface area (Å²) in [6.45, 7) is 4.44. The fraction of sp³-hybridized carbons (Fsp3) is 0.158. The first kappa shape index (κ1) is 13.4.